The van der Waals surface area contributed by atoms with Gasteiger partial charge in [-0.15, -0.1) is 0 Å². The van der Waals surface area contributed by atoms with Gasteiger partial charge in [-0.1, -0.05) is 29.8 Å². The summed E-state index contributed by atoms with van der Waals surface area (Å²) in [5, 5.41) is 6.54. The Labute approximate surface area is 156 Å². The number of nitrogens with zero attached hydrogens (tertiary/aromatic N) is 1. The predicted molar refractivity (Wildman–Crippen MR) is 103 cm³/mol. The SMILES string of the molecule is CC(=O)c1cccc(NC(=O)c2cncc(Nc3cccc(Cl)c3)c2)c1. The minimum Gasteiger partial charge on any atom is -0.354 e. The van der Waals surface area contributed by atoms with E-state index in [4.69, 9.17) is 11.6 Å². The zero-order chi connectivity index (χ0) is 18.5. The van der Waals surface area contributed by atoms with Gasteiger partial charge in [-0.3, -0.25) is 14.6 Å². The van der Waals surface area contributed by atoms with Crippen molar-refractivity contribution in [2.24, 2.45) is 0 Å². The molecule has 6 heteroatoms. The second-order valence-corrected chi connectivity index (χ2v) is 6.13. The number of benzene rings is 2. The number of anilines is 3. The molecule has 0 atom stereocenters. The number of aromatic nitrogens is 1. The van der Waals surface area contributed by atoms with Gasteiger partial charge in [0, 0.05) is 28.2 Å². The van der Waals surface area contributed by atoms with E-state index in [1.165, 1.54) is 13.1 Å². The summed E-state index contributed by atoms with van der Waals surface area (Å²) in [6.45, 7) is 1.48. The molecule has 130 valence electrons. The van der Waals surface area contributed by atoms with E-state index in [2.05, 4.69) is 15.6 Å². The lowest BCUT2D eigenvalue weighted by Crippen LogP contribution is -2.13. The van der Waals surface area contributed by atoms with Crippen molar-refractivity contribution in [2.45, 2.75) is 6.92 Å². The van der Waals surface area contributed by atoms with Crippen LogP contribution in [0.25, 0.3) is 0 Å². The lowest BCUT2D eigenvalue weighted by molar-refractivity contribution is 0.101. The molecule has 0 fully saturated rings. The second kappa shape index (κ2) is 7.80. The number of halogens is 1. The average Bonchev–Trinajstić information content (AvgIpc) is 2.62. The molecule has 5 nitrogen and oxygen atoms in total. The first-order chi connectivity index (χ1) is 12.5. The number of amides is 1. The molecule has 2 aromatic carbocycles. The number of hydrogen-bond donors (Lipinski definition) is 2. The highest BCUT2D eigenvalue weighted by Crippen LogP contribution is 2.21. The molecular weight excluding hydrogens is 350 g/mol. The molecule has 2 N–H and O–H groups in total. The van der Waals surface area contributed by atoms with Crippen LogP contribution in [0.2, 0.25) is 5.02 Å². The molecule has 0 aliphatic heterocycles. The largest absolute Gasteiger partial charge is 0.354 e. The summed E-state index contributed by atoms with van der Waals surface area (Å²) < 4.78 is 0. The third-order valence-corrected chi connectivity index (χ3v) is 3.88. The second-order valence-electron chi connectivity index (χ2n) is 5.69. The van der Waals surface area contributed by atoms with Crippen molar-refractivity contribution < 1.29 is 9.59 Å². The minimum absolute atomic E-state index is 0.0597. The monoisotopic (exact) mass is 365 g/mol. The van der Waals surface area contributed by atoms with Crippen molar-refractivity contribution in [2.75, 3.05) is 10.6 Å². The van der Waals surface area contributed by atoms with Crippen molar-refractivity contribution in [3.05, 3.63) is 83.1 Å². The summed E-state index contributed by atoms with van der Waals surface area (Å²) in [7, 11) is 0. The van der Waals surface area contributed by atoms with E-state index >= 15 is 0 Å². The summed E-state index contributed by atoms with van der Waals surface area (Å²) in [4.78, 5) is 28.0. The topological polar surface area (TPSA) is 71.1 Å². The van der Waals surface area contributed by atoms with Gasteiger partial charge >= 0.3 is 0 Å². The summed E-state index contributed by atoms with van der Waals surface area (Å²) in [6.07, 6.45) is 3.10. The van der Waals surface area contributed by atoms with Crippen LogP contribution < -0.4 is 10.6 Å². The number of ketones is 1. The van der Waals surface area contributed by atoms with E-state index in [9.17, 15) is 9.59 Å². The molecule has 0 radical (unpaired) electrons. The van der Waals surface area contributed by atoms with Crippen LogP contribution in [-0.4, -0.2) is 16.7 Å². The lowest BCUT2D eigenvalue weighted by atomic mass is 10.1. The molecule has 0 spiro atoms. The first kappa shape index (κ1) is 17.6. The smallest absolute Gasteiger partial charge is 0.257 e. The van der Waals surface area contributed by atoms with Crippen molar-refractivity contribution in [3.8, 4) is 0 Å². The van der Waals surface area contributed by atoms with E-state index in [0.29, 0.717) is 27.5 Å². The maximum Gasteiger partial charge on any atom is 0.257 e. The van der Waals surface area contributed by atoms with Crippen molar-refractivity contribution >= 4 is 40.4 Å². The summed E-state index contributed by atoms with van der Waals surface area (Å²) in [5.41, 5.74) is 2.95. The van der Waals surface area contributed by atoms with Crippen LogP contribution in [0.5, 0.6) is 0 Å². The van der Waals surface area contributed by atoms with Crippen LogP contribution in [0.3, 0.4) is 0 Å². The fourth-order valence-electron chi connectivity index (χ4n) is 2.38. The summed E-state index contributed by atoms with van der Waals surface area (Å²) >= 11 is 5.97. The van der Waals surface area contributed by atoms with Gasteiger partial charge in [-0.2, -0.15) is 0 Å². The number of pyridine rings is 1. The number of rotatable bonds is 5. The maximum atomic E-state index is 12.5. The Kier molecular flexibility index (Phi) is 5.29. The normalized spacial score (nSPS) is 10.2. The molecule has 1 aromatic heterocycles. The number of carbonyl (C=O) groups is 2. The number of carbonyl (C=O) groups excluding carboxylic acids is 2. The lowest BCUT2D eigenvalue weighted by Gasteiger charge is -2.09. The van der Waals surface area contributed by atoms with E-state index in [1.54, 1.807) is 48.7 Å². The van der Waals surface area contributed by atoms with E-state index in [-0.39, 0.29) is 11.7 Å². The van der Waals surface area contributed by atoms with Gasteiger partial charge in [0.05, 0.1) is 17.4 Å². The van der Waals surface area contributed by atoms with Crippen LogP contribution in [0.1, 0.15) is 27.6 Å². The molecule has 0 bridgehead atoms. The molecular formula is C20H16ClN3O2. The van der Waals surface area contributed by atoms with Crippen LogP contribution in [0.4, 0.5) is 17.1 Å². The Morgan fingerprint density at radius 1 is 0.885 bits per heavy atom. The first-order valence-corrected chi connectivity index (χ1v) is 8.29. The highest BCUT2D eigenvalue weighted by Gasteiger charge is 2.09. The van der Waals surface area contributed by atoms with Crippen molar-refractivity contribution in [1.82, 2.24) is 4.98 Å². The fraction of sp³-hybridized carbons (Fsp3) is 0.0500. The Bertz CT molecular complexity index is 973. The molecule has 0 aliphatic carbocycles. The first-order valence-electron chi connectivity index (χ1n) is 7.91. The van der Waals surface area contributed by atoms with E-state index in [0.717, 1.165) is 5.69 Å². The molecule has 3 rings (SSSR count). The Morgan fingerprint density at radius 3 is 2.38 bits per heavy atom. The molecule has 0 aliphatic rings. The molecule has 26 heavy (non-hydrogen) atoms. The van der Waals surface area contributed by atoms with Crippen LogP contribution in [0.15, 0.2) is 67.0 Å². The fourth-order valence-corrected chi connectivity index (χ4v) is 2.57. The molecule has 1 heterocycles. The van der Waals surface area contributed by atoms with Crippen LogP contribution in [-0.2, 0) is 0 Å². The standard InChI is InChI=1S/C20H16ClN3O2/c1-13(25)14-4-2-6-17(8-14)24-20(26)15-9-19(12-22-11-15)23-18-7-3-5-16(21)10-18/h2-12,23H,1H3,(H,24,26). The summed E-state index contributed by atoms with van der Waals surface area (Å²) in [5.74, 6) is -0.372. The van der Waals surface area contributed by atoms with Gasteiger partial charge in [0.1, 0.15) is 0 Å². The Morgan fingerprint density at radius 2 is 1.62 bits per heavy atom. The number of hydrogen-bond acceptors (Lipinski definition) is 4. The van der Waals surface area contributed by atoms with Gasteiger partial charge in [-0.25, -0.2) is 0 Å². The van der Waals surface area contributed by atoms with Crippen molar-refractivity contribution in [1.29, 1.82) is 0 Å². The molecule has 0 saturated carbocycles. The quantitative estimate of drug-likeness (QED) is 0.628. The zero-order valence-corrected chi connectivity index (χ0v) is 14.7. The Balaban J connectivity index is 1.76. The van der Waals surface area contributed by atoms with Crippen LogP contribution >= 0.6 is 11.6 Å². The van der Waals surface area contributed by atoms with Gasteiger partial charge in [0.2, 0.25) is 0 Å². The number of Topliss-reactive ketones (excluding diaryl/α,β-unsaturated/α-hetero) is 1. The van der Waals surface area contributed by atoms with E-state index in [1.807, 2.05) is 12.1 Å². The third-order valence-electron chi connectivity index (χ3n) is 3.64. The predicted octanol–water partition coefficient (Wildman–Crippen LogP) is 4.93. The highest BCUT2D eigenvalue weighted by molar-refractivity contribution is 6.30. The van der Waals surface area contributed by atoms with E-state index < -0.39 is 0 Å². The van der Waals surface area contributed by atoms with Gasteiger partial charge in [0.25, 0.3) is 5.91 Å². The van der Waals surface area contributed by atoms with Gasteiger partial charge in [0.15, 0.2) is 5.78 Å². The minimum atomic E-state index is -0.312. The molecule has 1 amide bonds. The maximum absolute atomic E-state index is 12.5. The van der Waals surface area contributed by atoms with Crippen LogP contribution in [0, 0.1) is 0 Å². The van der Waals surface area contributed by atoms with Gasteiger partial charge in [-0.05, 0) is 43.3 Å². The summed E-state index contributed by atoms with van der Waals surface area (Å²) in [6, 6.07) is 15.7. The zero-order valence-electron chi connectivity index (χ0n) is 14.0. The number of nitrogens with one attached hydrogen (secondary N) is 2. The molecule has 3 aromatic rings. The third kappa shape index (κ3) is 4.46. The van der Waals surface area contributed by atoms with Gasteiger partial charge < -0.3 is 10.6 Å². The molecule has 0 unspecified atom stereocenters. The molecule has 0 saturated heterocycles. The average molecular weight is 366 g/mol. The Hall–Kier alpha value is -3.18. The van der Waals surface area contributed by atoms with Crippen molar-refractivity contribution in [3.63, 3.8) is 0 Å². The highest BCUT2D eigenvalue weighted by atomic mass is 35.5.